The van der Waals surface area contributed by atoms with Gasteiger partial charge in [0.1, 0.15) is 19.3 Å². The molecular weight excluding hydrogens is 1200 g/mol. The number of hydrogen-bond acceptors (Lipinski definition) is 15. The molecule has 0 aromatic rings. The molecule has 0 bridgehead atoms. The zero-order chi connectivity index (χ0) is 67.0. The smallest absolute Gasteiger partial charge is 0.462 e. The van der Waals surface area contributed by atoms with E-state index in [2.05, 4.69) is 34.6 Å². The first-order chi connectivity index (χ1) is 44.0. The zero-order valence-electron chi connectivity index (χ0n) is 59.0. The molecule has 0 aromatic heterocycles. The maximum absolute atomic E-state index is 13.1. The number of carbonyl (C=O) groups is 4. The first-order valence-corrected chi connectivity index (χ1v) is 40.6. The van der Waals surface area contributed by atoms with Crippen LogP contribution < -0.4 is 0 Å². The number of unbranched alkanes of at least 4 members (excludes halogenated alkanes) is 44. The number of esters is 4. The molecule has 19 heteroatoms. The Morgan fingerprint density at radius 2 is 0.505 bits per heavy atom. The second-order valence-electron chi connectivity index (χ2n) is 26.5. The van der Waals surface area contributed by atoms with Crippen LogP contribution in [0, 0.1) is 5.92 Å². The van der Waals surface area contributed by atoms with Gasteiger partial charge in [0.15, 0.2) is 12.2 Å². The SMILES string of the molecule is CCCCCCCCCCCCCCCCC(=O)OC[C@H](COP(=O)(O)OC[C@@H](O)COP(=O)(O)OC[C@@H](COC(=O)CCCCCCCCCC)OC(=O)CCCCCCCCCC)OC(=O)CCCCCCCCCCCCCCCCCCCCC(C)C. The Morgan fingerprint density at radius 3 is 0.747 bits per heavy atom. The summed E-state index contributed by atoms with van der Waals surface area (Å²) in [5.41, 5.74) is 0. The average Bonchev–Trinajstić information content (AvgIpc) is 3.65. The summed E-state index contributed by atoms with van der Waals surface area (Å²) in [4.78, 5) is 72.4. The van der Waals surface area contributed by atoms with Gasteiger partial charge in [-0.05, 0) is 31.6 Å². The first-order valence-electron chi connectivity index (χ1n) is 37.6. The average molecular weight is 1340 g/mol. The number of carbonyl (C=O) groups excluding carboxylic acids is 4. The van der Waals surface area contributed by atoms with Gasteiger partial charge in [-0.15, -0.1) is 0 Å². The van der Waals surface area contributed by atoms with E-state index in [1.807, 2.05) is 0 Å². The highest BCUT2D eigenvalue weighted by atomic mass is 31.2. The molecule has 0 rings (SSSR count). The summed E-state index contributed by atoms with van der Waals surface area (Å²) in [5, 5.41) is 10.6. The summed E-state index contributed by atoms with van der Waals surface area (Å²) >= 11 is 0. The Hall–Kier alpha value is -1.94. The van der Waals surface area contributed by atoms with Gasteiger partial charge in [-0.25, -0.2) is 9.13 Å². The molecule has 0 saturated heterocycles. The Bertz CT molecular complexity index is 1750. The van der Waals surface area contributed by atoms with Crippen molar-refractivity contribution >= 4 is 39.5 Å². The summed E-state index contributed by atoms with van der Waals surface area (Å²) in [7, 11) is -9.89. The summed E-state index contributed by atoms with van der Waals surface area (Å²) < 4.78 is 68.2. The molecule has 0 heterocycles. The third-order valence-electron chi connectivity index (χ3n) is 16.8. The van der Waals surface area contributed by atoms with Crippen LogP contribution in [0.1, 0.15) is 375 Å². The normalized spacial score (nSPS) is 14.0. The van der Waals surface area contributed by atoms with Gasteiger partial charge in [0.25, 0.3) is 0 Å². The van der Waals surface area contributed by atoms with E-state index in [4.69, 9.17) is 37.0 Å². The summed E-state index contributed by atoms with van der Waals surface area (Å²) in [5.74, 6) is -1.30. The highest BCUT2D eigenvalue weighted by Gasteiger charge is 2.30. The number of phosphoric acid groups is 2. The first kappa shape index (κ1) is 89.1. The maximum atomic E-state index is 13.1. The summed E-state index contributed by atoms with van der Waals surface area (Å²) in [6, 6.07) is 0. The van der Waals surface area contributed by atoms with Crippen molar-refractivity contribution in [2.24, 2.45) is 5.92 Å². The molecule has 0 aliphatic heterocycles. The lowest BCUT2D eigenvalue weighted by atomic mass is 10.0. The van der Waals surface area contributed by atoms with E-state index in [0.29, 0.717) is 25.7 Å². The quantitative estimate of drug-likeness (QED) is 0.0222. The van der Waals surface area contributed by atoms with Crippen molar-refractivity contribution in [3.05, 3.63) is 0 Å². The molecule has 0 aliphatic carbocycles. The number of rotatable bonds is 72. The molecule has 0 fully saturated rings. The fourth-order valence-corrected chi connectivity index (χ4v) is 12.6. The van der Waals surface area contributed by atoms with Crippen LogP contribution in [-0.4, -0.2) is 96.7 Å². The third kappa shape index (κ3) is 66.5. The molecular formula is C72H140O17P2. The molecule has 0 radical (unpaired) electrons. The number of phosphoric ester groups is 2. The van der Waals surface area contributed by atoms with Gasteiger partial charge in [-0.1, -0.05) is 324 Å². The second kappa shape index (κ2) is 65.4. The summed E-state index contributed by atoms with van der Waals surface area (Å²) in [6.07, 6.45) is 52.9. The topological polar surface area (TPSA) is 237 Å². The van der Waals surface area contributed by atoms with E-state index in [-0.39, 0.29) is 25.7 Å². The lowest BCUT2D eigenvalue weighted by Gasteiger charge is -2.21. The van der Waals surface area contributed by atoms with Gasteiger partial charge in [-0.2, -0.15) is 0 Å². The highest BCUT2D eigenvalue weighted by molar-refractivity contribution is 7.47. The predicted octanol–water partition coefficient (Wildman–Crippen LogP) is 20.9. The minimum Gasteiger partial charge on any atom is -0.462 e. The lowest BCUT2D eigenvalue weighted by molar-refractivity contribution is -0.161. The van der Waals surface area contributed by atoms with Crippen molar-refractivity contribution in [2.45, 2.75) is 393 Å². The van der Waals surface area contributed by atoms with Gasteiger partial charge >= 0.3 is 39.5 Å². The molecule has 0 amide bonds. The molecule has 0 aromatic carbocycles. The van der Waals surface area contributed by atoms with Crippen LogP contribution in [0.25, 0.3) is 0 Å². The number of aliphatic hydroxyl groups excluding tert-OH is 1. The van der Waals surface area contributed by atoms with Crippen molar-refractivity contribution in [3.63, 3.8) is 0 Å². The van der Waals surface area contributed by atoms with Crippen molar-refractivity contribution in [1.29, 1.82) is 0 Å². The minimum atomic E-state index is -4.95. The Balaban J connectivity index is 5.14. The van der Waals surface area contributed by atoms with Crippen LogP contribution in [0.2, 0.25) is 0 Å². The molecule has 540 valence electrons. The monoisotopic (exact) mass is 1340 g/mol. The fourth-order valence-electron chi connectivity index (χ4n) is 11.0. The van der Waals surface area contributed by atoms with Crippen LogP contribution >= 0.6 is 15.6 Å². The van der Waals surface area contributed by atoms with E-state index >= 15 is 0 Å². The van der Waals surface area contributed by atoms with Gasteiger partial charge in [0.2, 0.25) is 0 Å². The van der Waals surface area contributed by atoms with Crippen LogP contribution in [0.4, 0.5) is 0 Å². The third-order valence-corrected chi connectivity index (χ3v) is 18.7. The molecule has 17 nitrogen and oxygen atoms in total. The van der Waals surface area contributed by atoms with E-state index in [0.717, 1.165) is 109 Å². The van der Waals surface area contributed by atoms with E-state index in [9.17, 15) is 43.2 Å². The largest absolute Gasteiger partial charge is 0.472 e. The predicted molar refractivity (Wildman–Crippen MR) is 368 cm³/mol. The lowest BCUT2D eigenvalue weighted by Crippen LogP contribution is -2.30. The van der Waals surface area contributed by atoms with Crippen LogP contribution in [0.15, 0.2) is 0 Å². The Morgan fingerprint density at radius 1 is 0.297 bits per heavy atom. The van der Waals surface area contributed by atoms with Crippen molar-refractivity contribution in [3.8, 4) is 0 Å². The molecule has 91 heavy (non-hydrogen) atoms. The Labute approximate surface area is 556 Å². The van der Waals surface area contributed by atoms with Crippen LogP contribution in [0.3, 0.4) is 0 Å². The molecule has 3 N–H and O–H groups in total. The van der Waals surface area contributed by atoms with Gasteiger partial charge in [-0.3, -0.25) is 37.3 Å². The van der Waals surface area contributed by atoms with Gasteiger partial charge in [0, 0.05) is 25.7 Å². The van der Waals surface area contributed by atoms with Crippen LogP contribution in [0.5, 0.6) is 0 Å². The number of hydrogen-bond donors (Lipinski definition) is 3. The number of aliphatic hydroxyl groups is 1. The summed E-state index contributed by atoms with van der Waals surface area (Å²) in [6.45, 7) is 7.24. The molecule has 0 aliphatic rings. The van der Waals surface area contributed by atoms with Crippen LogP contribution in [-0.2, 0) is 65.4 Å². The maximum Gasteiger partial charge on any atom is 0.472 e. The van der Waals surface area contributed by atoms with Crippen molar-refractivity contribution in [1.82, 2.24) is 0 Å². The zero-order valence-corrected chi connectivity index (χ0v) is 60.8. The minimum absolute atomic E-state index is 0.105. The second-order valence-corrected chi connectivity index (χ2v) is 29.4. The molecule has 0 spiro atoms. The fraction of sp³-hybridized carbons (Fsp3) is 0.944. The molecule has 5 atom stereocenters. The van der Waals surface area contributed by atoms with E-state index in [1.54, 1.807) is 0 Å². The Kier molecular flexibility index (Phi) is 64.0. The highest BCUT2D eigenvalue weighted by Crippen LogP contribution is 2.45. The molecule has 0 saturated carbocycles. The van der Waals surface area contributed by atoms with E-state index in [1.165, 1.54) is 186 Å². The standard InChI is InChI=1S/C72H140O17P2/c1-6-9-12-15-18-21-22-23-31-34-37-42-46-51-56-70(75)83-62-68(89-72(77)58-53-48-43-38-35-32-29-27-25-24-26-28-30-33-36-39-44-49-54-65(4)5)64-87-91(80,81)85-60-66(73)59-84-90(78,79)86-63-67(88-71(76)57-52-47-41-20-17-14-11-8-3)61-82-69(74)55-50-45-40-19-16-13-10-7-2/h65-68,73H,6-64H2,1-5H3,(H,78,79)(H,80,81)/t66-,67+,68+/m0/s1. The van der Waals surface area contributed by atoms with Crippen molar-refractivity contribution < 1.29 is 80.2 Å². The van der Waals surface area contributed by atoms with Gasteiger partial charge < -0.3 is 33.8 Å². The molecule has 2 unspecified atom stereocenters. The van der Waals surface area contributed by atoms with Gasteiger partial charge in [0.05, 0.1) is 26.4 Å². The number of ether oxygens (including phenoxy) is 4. The van der Waals surface area contributed by atoms with Crippen molar-refractivity contribution in [2.75, 3.05) is 39.6 Å². The van der Waals surface area contributed by atoms with E-state index < -0.39 is 97.5 Å².